The van der Waals surface area contributed by atoms with Crippen LogP contribution in [0.3, 0.4) is 0 Å². The van der Waals surface area contributed by atoms with Crippen LogP contribution in [0.25, 0.3) is 0 Å². The Morgan fingerprint density at radius 3 is 2.32 bits per heavy atom. The number of hydrogen-bond donors (Lipinski definition) is 1. The van der Waals surface area contributed by atoms with Crippen LogP contribution in [0.1, 0.15) is 25.8 Å². The number of hydrogen-bond acceptors (Lipinski definition) is 5. The maximum atomic E-state index is 11.9. The van der Waals surface area contributed by atoms with Gasteiger partial charge in [0.25, 0.3) is 0 Å². The summed E-state index contributed by atoms with van der Waals surface area (Å²) >= 11 is 0. The molecule has 0 saturated carbocycles. The first-order valence-corrected chi connectivity index (χ1v) is 7.27. The van der Waals surface area contributed by atoms with E-state index in [2.05, 4.69) is 5.32 Å². The average molecular weight is 330 g/mol. The van der Waals surface area contributed by atoms with E-state index in [4.69, 9.17) is 9.47 Å². The molecule has 1 rings (SSSR count). The summed E-state index contributed by atoms with van der Waals surface area (Å²) in [7, 11) is 0. The quantitative estimate of drug-likeness (QED) is 0.703. The number of halogens is 1. The molecule has 124 valence electrons. The SMILES string of the molecule is CCOC(=O)CCNC(Cc1ccccc1)C(=O)OCC.Cl. The van der Waals surface area contributed by atoms with Crippen LogP contribution in [0, 0.1) is 0 Å². The predicted molar refractivity (Wildman–Crippen MR) is 87.1 cm³/mol. The molecule has 0 aliphatic rings. The summed E-state index contributed by atoms with van der Waals surface area (Å²) in [6, 6.07) is 9.24. The molecule has 0 aliphatic carbocycles. The van der Waals surface area contributed by atoms with Crippen LogP contribution in [0.4, 0.5) is 0 Å². The van der Waals surface area contributed by atoms with Gasteiger partial charge in [0.15, 0.2) is 0 Å². The molecule has 5 nitrogen and oxygen atoms in total. The molecule has 0 aliphatic heterocycles. The van der Waals surface area contributed by atoms with E-state index in [-0.39, 0.29) is 30.8 Å². The second kappa shape index (κ2) is 12.0. The van der Waals surface area contributed by atoms with Crippen LogP contribution in [-0.4, -0.2) is 37.7 Å². The largest absolute Gasteiger partial charge is 0.466 e. The highest BCUT2D eigenvalue weighted by Gasteiger charge is 2.19. The summed E-state index contributed by atoms with van der Waals surface area (Å²) in [4.78, 5) is 23.2. The van der Waals surface area contributed by atoms with E-state index in [0.717, 1.165) is 5.56 Å². The van der Waals surface area contributed by atoms with Gasteiger partial charge in [-0.25, -0.2) is 0 Å². The van der Waals surface area contributed by atoms with Crippen molar-refractivity contribution in [3.8, 4) is 0 Å². The number of carbonyl (C=O) groups is 2. The molecular weight excluding hydrogens is 306 g/mol. The lowest BCUT2D eigenvalue weighted by Crippen LogP contribution is -2.41. The van der Waals surface area contributed by atoms with Gasteiger partial charge < -0.3 is 14.8 Å². The van der Waals surface area contributed by atoms with Gasteiger partial charge in [-0.1, -0.05) is 30.3 Å². The maximum Gasteiger partial charge on any atom is 0.323 e. The molecule has 1 atom stereocenters. The Hall–Kier alpha value is -1.59. The number of ether oxygens (including phenoxy) is 2. The van der Waals surface area contributed by atoms with Crippen molar-refractivity contribution in [2.45, 2.75) is 32.7 Å². The first kappa shape index (κ1) is 20.4. The molecule has 0 radical (unpaired) electrons. The second-order valence-electron chi connectivity index (χ2n) is 4.50. The molecule has 0 spiro atoms. The van der Waals surface area contributed by atoms with E-state index >= 15 is 0 Å². The van der Waals surface area contributed by atoms with Crippen LogP contribution in [-0.2, 0) is 25.5 Å². The first-order valence-electron chi connectivity index (χ1n) is 7.27. The molecule has 0 amide bonds. The summed E-state index contributed by atoms with van der Waals surface area (Å²) in [6.07, 6.45) is 0.765. The monoisotopic (exact) mass is 329 g/mol. The minimum absolute atomic E-state index is 0. The van der Waals surface area contributed by atoms with E-state index in [9.17, 15) is 9.59 Å². The van der Waals surface area contributed by atoms with E-state index in [0.29, 0.717) is 26.2 Å². The fourth-order valence-electron chi connectivity index (χ4n) is 1.91. The first-order chi connectivity index (χ1) is 10.2. The number of esters is 2. The summed E-state index contributed by atoms with van der Waals surface area (Å²) in [5, 5.41) is 3.07. The Morgan fingerprint density at radius 2 is 1.73 bits per heavy atom. The van der Waals surface area contributed by atoms with Gasteiger partial charge in [0.1, 0.15) is 6.04 Å². The van der Waals surface area contributed by atoms with Gasteiger partial charge in [0.2, 0.25) is 0 Å². The Morgan fingerprint density at radius 1 is 1.09 bits per heavy atom. The Kier molecular flexibility index (Phi) is 11.1. The van der Waals surface area contributed by atoms with Gasteiger partial charge in [-0.3, -0.25) is 9.59 Å². The average Bonchev–Trinajstić information content (AvgIpc) is 2.48. The van der Waals surface area contributed by atoms with Crippen molar-refractivity contribution in [3.63, 3.8) is 0 Å². The third kappa shape index (κ3) is 8.00. The van der Waals surface area contributed by atoms with Crippen molar-refractivity contribution < 1.29 is 19.1 Å². The van der Waals surface area contributed by atoms with Crippen molar-refractivity contribution >= 4 is 24.3 Å². The molecule has 0 heterocycles. The van der Waals surface area contributed by atoms with Crippen LogP contribution >= 0.6 is 12.4 Å². The number of benzene rings is 1. The Labute approximate surface area is 137 Å². The standard InChI is InChI=1S/C16H23NO4.ClH/c1-3-20-15(18)10-11-17-14(16(19)21-4-2)12-13-8-6-5-7-9-13;/h5-9,14,17H,3-4,10-12H2,1-2H3;1H. The van der Waals surface area contributed by atoms with Crippen LogP contribution in [0.15, 0.2) is 30.3 Å². The number of nitrogens with one attached hydrogen (secondary N) is 1. The predicted octanol–water partition coefficient (Wildman–Crippen LogP) is 2.13. The van der Waals surface area contributed by atoms with Gasteiger partial charge in [-0.05, 0) is 25.8 Å². The van der Waals surface area contributed by atoms with E-state index < -0.39 is 6.04 Å². The molecule has 0 saturated heterocycles. The third-order valence-electron chi connectivity index (χ3n) is 2.88. The molecule has 0 bridgehead atoms. The highest BCUT2D eigenvalue weighted by molar-refractivity contribution is 5.85. The van der Waals surface area contributed by atoms with Crippen LogP contribution < -0.4 is 5.32 Å². The minimum Gasteiger partial charge on any atom is -0.466 e. The molecule has 1 N–H and O–H groups in total. The molecule has 6 heteroatoms. The summed E-state index contributed by atoms with van der Waals surface area (Å²) in [5.41, 5.74) is 1.04. The van der Waals surface area contributed by atoms with E-state index in [1.165, 1.54) is 0 Å². The van der Waals surface area contributed by atoms with Gasteiger partial charge in [0.05, 0.1) is 19.6 Å². The normalized spacial score (nSPS) is 11.2. The van der Waals surface area contributed by atoms with Crippen molar-refractivity contribution in [2.24, 2.45) is 0 Å². The van der Waals surface area contributed by atoms with Gasteiger partial charge in [-0.15, -0.1) is 12.4 Å². The number of carbonyl (C=O) groups excluding carboxylic acids is 2. The molecule has 1 unspecified atom stereocenters. The van der Waals surface area contributed by atoms with Gasteiger partial charge in [0, 0.05) is 6.54 Å². The summed E-state index contributed by atoms with van der Waals surface area (Å²) in [6.45, 7) is 4.63. The smallest absolute Gasteiger partial charge is 0.323 e. The highest BCUT2D eigenvalue weighted by Crippen LogP contribution is 2.05. The lowest BCUT2D eigenvalue weighted by Gasteiger charge is -2.17. The highest BCUT2D eigenvalue weighted by atomic mass is 35.5. The number of rotatable bonds is 9. The molecule has 1 aromatic rings. The zero-order valence-corrected chi connectivity index (χ0v) is 13.9. The van der Waals surface area contributed by atoms with Crippen LogP contribution in [0.2, 0.25) is 0 Å². The zero-order chi connectivity index (χ0) is 15.5. The van der Waals surface area contributed by atoms with E-state index in [1.807, 2.05) is 30.3 Å². The summed E-state index contributed by atoms with van der Waals surface area (Å²) < 4.78 is 9.92. The second-order valence-corrected chi connectivity index (χ2v) is 4.50. The van der Waals surface area contributed by atoms with E-state index in [1.54, 1.807) is 13.8 Å². The molecule has 0 aromatic heterocycles. The Balaban J connectivity index is 0.00000441. The lowest BCUT2D eigenvalue weighted by molar-refractivity contribution is -0.147. The molecular formula is C16H24ClNO4. The maximum absolute atomic E-state index is 11.9. The third-order valence-corrected chi connectivity index (χ3v) is 2.88. The fourth-order valence-corrected chi connectivity index (χ4v) is 1.91. The molecule has 22 heavy (non-hydrogen) atoms. The molecule has 0 fully saturated rings. The van der Waals surface area contributed by atoms with Crippen molar-refractivity contribution in [1.82, 2.24) is 5.32 Å². The van der Waals surface area contributed by atoms with Gasteiger partial charge in [-0.2, -0.15) is 0 Å². The minimum atomic E-state index is -0.457. The lowest BCUT2D eigenvalue weighted by atomic mass is 10.1. The van der Waals surface area contributed by atoms with Crippen molar-refractivity contribution in [3.05, 3.63) is 35.9 Å². The van der Waals surface area contributed by atoms with Crippen molar-refractivity contribution in [2.75, 3.05) is 19.8 Å². The fraction of sp³-hybridized carbons (Fsp3) is 0.500. The zero-order valence-electron chi connectivity index (χ0n) is 13.0. The van der Waals surface area contributed by atoms with Crippen molar-refractivity contribution in [1.29, 1.82) is 0 Å². The molecule has 1 aromatic carbocycles. The Bertz CT molecular complexity index is 439. The topological polar surface area (TPSA) is 64.6 Å². The van der Waals surface area contributed by atoms with Crippen LogP contribution in [0.5, 0.6) is 0 Å². The van der Waals surface area contributed by atoms with Gasteiger partial charge >= 0.3 is 11.9 Å². The summed E-state index contributed by atoms with van der Waals surface area (Å²) in [5.74, 6) is -0.572.